The molecule has 0 amide bonds. The number of fused-ring (bicyclic) bond motifs is 3. The maximum absolute atomic E-state index is 13.8. The number of benzene rings is 18. The first kappa shape index (κ1) is 110. The van der Waals surface area contributed by atoms with E-state index >= 15 is 0 Å². The van der Waals surface area contributed by atoms with E-state index in [1.807, 2.05) is 104 Å². The van der Waals surface area contributed by atoms with Crippen LogP contribution in [0.3, 0.4) is 0 Å². The molecule has 0 saturated heterocycles. The fraction of sp³-hybridized carbons (Fsp3) is 0.182. The van der Waals surface area contributed by atoms with Crippen molar-refractivity contribution in [2.75, 3.05) is 56.9 Å². The van der Waals surface area contributed by atoms with E-state index in [4.69, 9.17) is 37.9 Å². The van der Waals surface area contributed by atoms with Crippen molar-refractivity contribution in [3.63, 3.8) is 0 Å². The third-order valence-corrected chi connectivity index (χ3v) is 27.1. The molecule has 0 bridgehead atoms. The zero-order valence-corrected chi connectivity index (χ0v) is 87.5. The molecular weight excluding hydrogens is 1860 g/mol. The van der Waals surface area contributed by atoms with Gasteiger partial charge in [0.15, 0.2) is 0 Å². The van der Waals surface area contributed by atoms with E-state index in [0.29, 0.717) is 5.56 Å². The van der Waals surface area contributed by atoms with Crippen molar-refractivity contribution in [2.24, 2.45) is 0 Å². The summed E-state index contributed by atoms with van der Waals surface area (Å²) < 4.78 is 124. The van der Waals surface area contributed by atoms with Crippen LogP contribution in [0.25, 0.3) is 22.3 Å². The van der Waals surface area contributed by atoms with Crippen molar-refractivity contribution in [1.29, 1.82) is 0 Å². The van der Waals surface area contributed by atoms with Gasteiger partial charge in [0.05, 0.1) is 67.7 Å². The highest BCUT2D eigenvalue weighted by atomic mass is 32.2. The number of rotatable bonds is 21. The second-order valence-corrected chi connectivity index (χ2v) is 37.4. The number of hydrogen-bond donors (Lipinski definition) is 0. The second kappa shape index (κ2) is 51.7. The summed E-state index contributed by atoms with van der Waals surface area (Å²) >= 11 is 1.76. The molecule has 0 spiro atoms. The zero-order valence-electron chi connectivity index (χ0n) is 86.7. The highest BCUT2D eigenvalue weighted by molar-refractivity contribution is 7.99. The summed E-state index contributed by atoms with van der Waals surface area (Å²) in [5.41, 5.74) is 20.7. The highest BCUT2D eigenvalue weighted by Crippen LogP contribution is 2.59. The molecule has 19 rings (SSSR count). The van der Waals surface area contributed by atoms with Gasteiger partial charge in [0, 0.05) is 15.2 Å². The summed E-state index contributed by atoms with van der Waals surface area (Å²) in [7, 11) is 13.1. The van der Waals surface area contributed by atoms with Gasteiger partial charge in [-0.05, 0) is 271 Å². The lowest BCUT2D eigenvalue weighted by molar-refractivity contribution is -0.288. The summed E-state index contributed by atoms with van der Waals surface area (Å²) in [6, 6.07) is 148. The third-order valence-electron chi connectivity index (χ3n) is 26.1. The predicted molar refractivity (Wildman–Crippen MR) is 591 cm³/mol. The van der Waals surface area contributed by atoms with E-state index in [2.05, 4.69) is 359 Å². The van der Waals surface area contributed by atoms with Crippen LogP contribution in [0.1, 0.15) is 125 Å². The van der Waals surface area contributed by atoms with E-state index in [0.717, 1.165) is 76.6 Å². The monoisotopic (exact) mass is 1990 g/mol. The number of methoxy groups -OCH3 is 8. The molecule has 0 aliphatic heterocycles. The number of alkyl halides is 6. The Morgan fingerprint density at radius 2 is 0.435 bits per heavy atom. The van der Waals surface area contributed by atoms with Gasteiger partial charge in [0.1, 0.15) is 46.0 Å². The average molecular weight is 1990 g/mol. The minimum absolute atomic E-state index is 0.0139. The van der Waals surface area contributed by atoms with Crippen LogP contribution in [0.2, 0.25) is 0 Å². The average Bonchev–Trinajstić information content (AvgIpc) is 1.67. The van der Waals surface area contributed by atoms with Gasteiger partial charge in [-0.3, -0.25) is 0 Å². The molecule has 0 heterocycles. The molecular formula is C132H128F6O8S. The summed E-state index contributed by atoms with van der Waals surface area (Å²) in [6.45, 7) is 20.8. The lowest BCUT2D eigenvalue weighted by Gasteiger charge is -2.38. The van der Waals surface area contributed by atoms with Crippen molar-refractivity contribution in [1.82, 2.24) is 0 Å². The highest BCUT2D eigenvalue weighted by Gasteiger charge is 2.72. The van der Waals surface area contributed by atoms with E-state index < -0.39 is 34.3 Å². The first-order valence-electron chi connectivity index (χ1n) is 48.4. The molecule has 0 aromatic heterocycles. The minimum Gasteiger partial charge on any atom is -0.497 e. The summed E-state index contributed by atoms with van der Waals surface area (Å²) in [5.74, 6) is 6.44. The zero-order chi connectivity index (χ0) is 105. The maximum Gasteiger partial charge on any atom is 0.411 e. The van der Waals surface area contributed by atoms with Gasteiger partial charge in [-0.25, -0.2) is 0 Å². The molecule has 15 heteroatoms. The number of aryl methyl sites for hydroxylation is 8. The van der Waals surface area contributed by atoms with Crippen molar-refractivity contribution >= 4 is 11.8 Å². The van der Waals surface area contributed by atoms with Crippen molar-refractivity contribution in [3.05, 3.63) is 560 Å². The van der Waals surface area contributed by atoms with Crippen LogP contribution in [0, 0.1) is 55.4 Å². The van der Waals surface area contributed by atoms with Gasteiger partial charge in [-0.15, -0.1) is 0 Å². The van der Waals surface area contributed by atoms with E-state index in [9.17, 15) is 26.3 Å². The molecule has 0 radical (unpaired) electrons. The molecule has 0 unspecified atom stereocenters. The third kappa shape index (κ3) is 27.3. The van der Waals surface area contributed by atoms with Crippen LogP contribution >= 0.6 is 11.8 Å². The number of ether oxygens (including phenoxy) is 8. The molecule has 752 valence electrons. The van der Waals surface area contributed by atoms with Gasteiger partial charge in [0.25, 0.3) is 0 Å². The van der Waals surface area contributed by atoms with Crippen LogP contribution in [-0.2, 0) is 21.7 Å². The maximum atomic E-state index is 13.8. The fourth-order valence-corrected chi connectivity index (χ4v) is 18.6. The molecule has 147 heavy (non-hydrogen) atoms. The molecule has 0 fully saturated rings. The van der Waals surface area contributed by atoms with E-state index in [1.54, 1.807) is 68.5 Å². The molecule has 0 atom stereocenters. The summed E-state index contributed by atoms with van der Waals surface area (Å²) in [5, 5.41) is 0. The summed E-state index contributed by atoms with van der Waals surface area (Å²) in [6.07, 6.45) is -11.1. The first-order valence-corrected chi connectivity index (χ1v) is 49.2. The molecule has 0 saturated carbocycles. The SMILES string of the molecule is COc1ccc(-c2ccc(C)cc2)cc1.COc1ccc(C(C)(C)c2ccc(C)cc2)cc1.COc1ccc(C(c2ccc(C)cc2)(C(F)(F)F)C(F)(F)F)cc1.COc1ccc(C(c2ccccc2)(c2ccccc2)c2ccc(C)cc2)cc1.COc1ccc(C)cc1.COc1ccc(C2(c3ccc(C)cc3)c3ccccc3-c3ccccc32)cc1.COc1ccc(Sc2ccc(C)cc2)cc1.COc1cccc(C)c1. The van der Waals surface area contributed by atoms with Gasteiger partial charge < -0.3 is 37.9 Å². The Balaban J connectivity index is 0.000000153. The van der Waals surface area contributed by atoms with Gasteiger partial charge in [-0.1, -0.05) is 392 Å². The number of halogens is 6. The Kier molecular flexibility index (Phi) is 38.7. The van der Waals surface area contributed by atoms with Crippen LogP contribution in [0.5, 0.6) is 46.0 Å². The van der Waals surface area contributed by atoms with E-state index in [1.165, 1.54) is 146 Å². The van der Waals surface area contributed by atoms with Crippen LogP contribution in [0.15, 0.2) is 459 Å². The molecule has 0 N–H and O–H groups in total. The first-order chi connectivity index (χ1) is 70.8. The molecule has 18 aromatic rings. The standard InChI is InChI=1S/C27H22O.C27H24O.C17H14F6O.C17H20O.C14H14OS.C14H14O.2C8H10O/c1-19-11-13-20(14-12-19)27(21-15-17-22(28-2)18-16-21)25-9-5-3-7-23(25)24-8-4-6-10-26(24)27;1-21-13-15-24(16-14-21)27(22-9-5-3-6-10-22,23-11-7-4-8-12-23)25-17-19-26(28-2)20-18-25;1-11-3-5-12(6-4-11)15(16(18,19)20,17(21,22)23)13-7-9-14(24-2)10-8-13;1-13-5-7-14(8-6-13)17(2,3)15-9-11-16(18-4)12-10-15;1-11-3-7-13(8-4-11)16-14-9-5-12(15-2)6-10-14;1-11-3-5-12(6-4-11)13-7-9-14(15-2)10-8-13;1-7-3-5-8(9-2)6-4-7;1-7-4-3-5-8(6-7)9-2/h3-18H,1-2H3;3-20H,1-2H3;3-10H,1-2H3;5-12H,1-4H3;3-10H,1-2H3;3-10H,1-2H3;2*3-6H,1-2H3. The Morgan fingerprint density at radius 3 is 0.769 bits per heavy atom. The van der Waals surface area contributed by atoms with Gasteiger partial charge >= 0.3 is 12.4 Å². The topological polar surface area (TPSA) is 73.8 Å². The van der Waals surface area contributed by atoms with Gasteiger partial charge in [0.2, 0.25) is 5.41 Å². The van der Waals surface area contributed by atoms with Crippen molar-refractivity contribution in [2.45, 2.75) is 113 Å². The van der Waals surface area contributed by atoms with Crippen molar-refractivity contribution in [3.8, 4) is 68.2 Å². The summed E-state index contributed by atoms with van der Waals surface area (Å²) in [4.78, 5) is 2.49. The lowest BCUT2D eigenvalue weighted by atomic mass is 9.65. The molecule has 1 aliphatic carbocycles. The molecule has 1 aliphatic rings. The Bertz CT molecular complexity index is 6860. The number of hydrogen-bond acceptors (Lipinski definition) is 9. The Morgan fingerprint density at radius 1 is 0.204 bits per heavy atom. The van der Waals surface area contributed by atoms with Crippen LogP contribution in [0.4, 0.5) is 26.3 Å². The normalized spacial score (nSPS) is 11.5. The second-order valence-electron chi connectivity index (χ2n) is 36.3. The van der Waals surface area contributed by atoms with E-state index in [-0.39, 0.29) is 16.6 Å². The Labute approximate surface area is 868 Å². The van der Waals surface area contributed by atoms with Crippen LogP contribution in [-0.4, -0.2) is 69.2 Å². The largest absolute Gasteiger partial charge is 0.497 e. The van der Waals surface area contributed by atoms with Crippen LogP contribution < -0.4 is 37.9 Å². The predicted octanol–water partition coefficient (Wildman–Crippen LogP) is 34.3. The van der Waals surface area contributed by atoms with Gasteiger partial charge in [-0.2, -0.15) is 26.3 Å². The molecule has 8 nitrogen and oxygen atoms in total. The molecule has 18 aromatic carbocycles. The Hall–Kier alpha value is -15.7. The minimum atomic E-state index is -5.57. The smallest absolute Gasteiger partial charge is 0.411 e. The fourth-order valence-electron chi connectivity index (χ4n) is 17.8. The quantitative estimate of drug-likeness (QED) is 0.0517. The van der Waals surface area contributed by atoms with Crippen molar-refractivity contribution < 1.29 is 64.2 Å². The lowest BCUT2D eigenvalue weighted by Crippen LogP contribution is -2.54.